The Kier molecular flexibility index (Phi) is 6.73. The summed E-state index contributed by atoms with van der Waals surface area (Å²) < 4.78 is 1.99. The molecule has 0 fully saturated rings. The molecule has 1 aliphatic rings. The van der Waals surface area contributed by atoms with E-state index in [4.69, 9.17) is 28.2 Å². The van der Waals surface area contributed by atoms with Crippen molar-refractivity contribution in [1.29, 1.82) is 0 Å². The van der Waals surface area contributed by atoms with Gasteiger partial charge in [0.25, 0.3) is 0 Å². The molecular formula is C29H25Cl2N3OS. The second-order valence-corrected chi connectivity index (χ2v) is 11.0. The zero-order chi connectivity index (χ0) is 25.4. The lowest BCUT2D eigenvalue weighted by molar-refractivity contribution is -0.112. The van der Waals surface area contributed by atoms with E-state index in [1.807, 2.05) is 66.3 Å². The van der Waals surface area contributed by atoms with E-state index in [0.717, 1.165) is 33.5 Å². The Balaban J connectivity index is 1.43. The van der Waals surface area contributed by atoms with E-state index in [9.17, 15) is 4.79 Å². The molecule has 0 spiro atoms. The van der Waals surface area contributed by atoms with E-state index in [-0.39, 0.29) is 17.0 Å². The number of fused-ring (bicyclic) bond motifs is 1. The molecule has 4 nitrogen and oxygen atoms in total. The standard InChI is InChI=1S/C29H25Cl2N3OS/c1-29(2)23-11-7-8-12-26(23)33(3)27(29)16-21(35)18-36-28-32-25(22-14-13-19(30)15-24(22)31)17-34(28)20-9-5-4-6-10-20/h4-17H,18H2,1-3H3/b27-16+. The molecule has 0 N–H and O–H groups in total. The zero-order valence-electron chi connectivity index (χ0n) is 20.2. The van der Waals surface area contributed by atoms with Gasteiger partial charge in [-0.25, -0.2) is 4.98 Å². The number of carbonyl (C=O) groups is 1. The topological polar surface area (TPSA) is 38.1 Å². The van der Waals surface area contributed by atoms with Crippen LogP contribution in [0.2, 0.25) is 10.0 Å². The number of benzene rings is 3. The van der Waals surface area contributed by atoms with Crippen molar-refractivity contribution in [2.24, 2.45) is 0 Å². The van der Waals surface area contributed by atoms with E-state index in [2.05, 4.69) is 30.9 Å². The van der Waals surface area contributed by atoms with Gasteiger partial charge in [-0.05, 0) is 42.0 Å². The number of nitrogens with zero attached hydrogens (tertiary/aromatic N) is 3. The molecule has 5 rings (SSSR count). The first-order valence-electron chi connectivity index (χ1n) is 11.6. The number of para-hydroxylation sites is 2. The van der Waals surface area contributed by atoms with Gasteiger partial charge in [-0.1, -0.05) is 85.2 Å². The predicted molar refractivity (Wildman–Crippen MR) is 151 cm³/mol. The molecular weight excluding hydrogens is 509 g/mol. The van der Waals surface area contributed by atoms with Crippen LogP contribution in [0.5, 0.6) is 0 Å². The number of aromatic nitrogens is 2. The lowest BCUT2D eigenvalue weighted by atomic mass is 9.83. The maximum absolute atomic E-state index is 13.2. The van der Waals surface area contributed by atoms with Crippen LogP contribution < -0.4 is 4.90 Å². The number of halogens is 2. The van der Waals surface area contributed by atoms with Gasteiger partial charge in [-0.3, -0.25) is 9.36 Å². The average molecular weight is 535 g/mol. The number of likely N-dealkylation sites (N-methyl/N-ethyl adjacent to an activating group) is 1. The van der Waals surface area contributed by atoms with Gasteiger partial charge in [-0.2, -0.15) is 0 Å². The molecule has 0 amide bonds. The Hall–Kier alpha value is -2.99. The Morgan fingerprint density at radius 3 is 2.47 bits per heavy atom. The Morgan fingerprint density at radius 2 is 1.75 bits per heavy atom. The van der Waals surface area contributed by atoms with Crippen LogP contribution in [0, 0.1) is 0 Å². The number of anilines is 1. The molecule has 4 aromatic rings. The van der Waals surface area contributed by atoms with Crippen molar-refractivity contribution in [1.82, 2.24) is 9.55 Å². The summed E-state index contributed by atoms with van der Waals surface area (Å²) in [5.74, 6) is 0.304. The number of ketones is 1. The summed E-state index contributed by atoms with van der Waals surface area (Å²) in [5, 5.41) is 1.82. The number of hydrogen-bond acceptors (Lipinski definition) is 4. The summed E-state index contributed by atoms with van der Waals surface area (Å²) >= 11 is 14.0. The SMILES string of the molecule is CN1/C(=C/C(=O)CSc2nc(-c3ccc(Cl)cc3Cl)cn2-c2ccccc2)C(C)(C)c2ccccc21. The fourth-order valence-electron chi connectivity index (χ4n) is 4.65. The fraction of sp³-hybridized carbons (Fsp3) is 0.172. The molecule has 182 valence electrons. The summed E-state index contributed by atoms with van der Waals surface area (Å²) in [6.45, 7) is 4.32. The third-order valence-corrected chi connectivity index (χ3v) is 8.02. The van der Waals surface area contributed by atoms with Gasteiger partial charge in [0.05, 0.1) is 16.5 Å². The first kappa shape index (κ1) is 24.7. The summed E-state index contributed by atoms with van der Waals surface area (Å²) in [5.41, 5.74) is 5.59. The molecule has 0 bridgehead atoms. The number of hydrogen-bond donors (Lipinski definition) is 0. The predicted octanol–water partition coefficient (Wildman–Crippen LogP) is 7.82. The zero-order valence-corrected chi connectivity index (χ0v) is 22.5. The Bertz CT molecular complexity index is 1480. The molecule has 36 heavy (non-hydrogen) atoms. The lowest BCUT2D eigenvalue weighted by Gasteiger charge is -2.23. The number of carbonyl (C=O) groups excluding carboxylic acids is 1. The maximum Gasteiger partial charge on any atom is 0.173 e. The second kappa shape index (κ2) is 9.81. The summed E-state index contributed by atoms with van der Waals surface area (Å²) in [6, 6.07) is 23.6. The molecule has 0 radical (unpaired) electrons. The lowest BCUT2D eigenvalue weighted by Crippen LogP contribution is -2.24. The smallest absolute Gasteiger partial charge is 0.173 e. The van der Waals surface area contributed by atoms with E-state index < -0.39 is 0 Å². The third-order valence-electron chi connectivity index (χ3n) is 6.50. The van der Waals surface area contributed by atoms with Crippen LogP contribution in [0.3, 0.4) is 0 Å². The Morgan fingerprint density at radius 1 is 1.03 bits per heavy atom. The molecule has 0 saturated heterocycles. The minimum Gasteiger partial charge on any atom is -0.347 e. The van der Waals surface area contributed by atoms with Gasteiger partial charge in [0, 0.05) is 52.4 Å². The highest BCUT2D eigenvalue weighted by Crippen LogP contribution is 2.46. The van der Waals surface area contributed by atoms with Crippen LogP contribution in [0.15, 0.2) is 95.9 Å². The van der Waals surface area contributed by atoms with Crippen molar-refractivity contribution < 1.29 is 4.79 Å². The van der Waals surface area contributed by atoms with Gasteiger partial charge < -0.3 is 4.90 Å². The highest BCUT2D eigenvalue weighted by molar-refractivity contribution is 7.99. The molecule has 0 atom stereocenters. The minimum atomic E-state index is -0.243. The van der Waals surface area contributed by atoms with Gasteiger partial charge in [0.15, 0.2) is 10.9 Å². The number of thioether (sulfide) groups is 1. The molecule has 1 aliphatic heterocycles. The van der Waals surface area contributed by atoms with Crippen LogP contribution >= 0.6 is 35.0 Å². The molecule has 0 saturated carbocycles. The quantitative estimate of drug-likeness (QED) is 0.187. The van der Waals surface area contributed by atoms with Crippen molar-refractivity contribution in [3.05, 3.63) is 106 Å². The van der Waals surface area contributed by atoms with Crippen LogP contribution in [-0.2, 0) is 10.2 Å². The van der Waals surface area contributed by atoms with Crippen molar-refractivity contribution >= 4 is 46.4 Å². The van der Waals surface area contributed by atoms with E-state index >= 15 is 0 Å². The van der Waals surface area contributed by atoms with E-state index in [1.54, 1.807) is 18.2 Å². The van der Waals surface area contributed by atoms with Crippen LogP contribution in [-0.4, -0.2) is 28.1 Å². The van der Waals surface area contributed by atoms with Crippen molar-refractivity contribution in [3.8, 4) is 16.9 Å². The molecule has 7 heteroatoms. The normalized spacial score (nSPS) is 15.4. The monoisotopic (exact) mass is 533 g/mol. The van der Waals surface area contributed by atoms with Gasteiger partial charge in [-0.15, -0.1) is 0 Å². The second-order valence-electron chi connectivity index (χ2n) is 9.22. The number of imidazole rings is 1. The van der Waals surface area contributed by atoms with Gasteiger partial charge >= 0.3 is 0 Å². The van der Waals surface area contributed by atoms with Gasteiger partial charge in [0.1, 0.15) is 0 Å². The average Bonchev–Trinajstić information content (AvgIpc) is 3.37. The van der Waals surface area contributed by atoms with E-state index in [1.165, 1.54) is 17.3 Å². The number of rotatable bonds is 6. The fourth-order valence-corrected chi connectivity index (χ4v) is 5.97. The molecule has 0 unspecified atom stereocenters. The van der Waals surface area contributed by atoms with Crippen LogP contribution in [0.4, 0.5) is 5.69 Å². The molecule has 1 aromatic heterocycles. The van der Waals surface area contributed by atoms with Crippen LogP contribution in [0.25, 0.3) is 16.9 Å². The number of allylic oxidation sites excluding steroid dienone is 2. The van der Waals surface area contributed by atoms with E-state index in [0.29, 0.717) is 10.0 Å². The first-order chi connectivity index (χ1) is 17.3. The minimum absolute atomic E-state index is 0.0384. The first-order valence-corrected chi connectivity index (χ1v) is 13.3. The molecule has 3 aromatic carbocycles. The van der Waals surface area contributed by atoms with Crippen molar-refractivity contribution in [3.63, 3.8) is 0 Å². The highest BCUT2D eigenvalue weighted by Gasteiger charge is 2.38. The summed E-state index contributed by atoms with van der Waals surface area (Å²) in [4.78, 5) is 20.1. The van der Waals surface area contributed by atoms with Gasteiger partial charge in [0.2, 0.25) is 0 Å². The molecule has 2 heterocycles. The van der Waals surface area contributed by atoms with Crippen LogP contribution in [0.1, 0.15) is 19.4 Å². The van der Waals surface area contributed by atoms with Crippen molar-refractivity contribution in [2.45, 2.75) is 24.4 Å². The van der Waals surface area contributed by atoms with Crippen molar-refractivity contribution in [2.75, 3.05) is 17.7 Å². The molecule has 0 aliphatic carbocycles. The summed E-state index contributed by atoms with van der Waals surface area (Å²) in [6.07, 6.45) is 3.72. The highest BCUT2D eigenvalue weighted by atomic mass is 35.5. The third kappa shape index (κ3) is 4.59. The maximum atomic E-state index is 13.2. The Labute approximate surface area is 225 Å². The largest absolute Gasteiger partial charge is 0.347 e. The summed E-state index contributed by atoms with van der Waals surface area (Å²) in [7, 11) is 2.02.